The van der Waals surface area contributed by atoms with E-state index >= 15 is 0 Å². The Labute approximate surface area is 107 Å². The van der Waals surface area contributed by atoms with E-state index in [-0.39, 0.29) is 6.04 Å². The van der Waals surface area contributed by atoms with Crippen LogP contribution in [0.5, 0.6) is 5.75 Å². The van der Waals surface area contributed by atoms with Crippen LogP contribution in [0.3, 0.4) is 0 Å². The van der Waals surface area contributed by atoms with Crippen LogP contribution in [0.15, 0.2) is 42.6 Å². The Morgan fingerprint density at radius 3 is 2.67 bits per heavy atom. The zero-order chi connectivity index (χ0) is 13.0. The summed E-state index contributed by atoms with van der Waals surface area (Å²) in [5.41, 5.74) is 5.94. The zero-order valence-corrected chi connectivity index (χ0v) is 10.6. The van der Waals surface area contributed by atoms with Gasteiger partial charge in [0.2, 0.25) is 0 Å². The minimum absolute atomic E-state index is 0.0678. The summed E-state index contributed by atoms with van der Waals surface area (Å²) in [6.07, 6.45) is 1.79. The van der Waals surface area contributed by atoms with Crippen LogP contribution < -0.4 is 16.0 Å². The van der Waals surface area contributed by atoms with Gasteiger partial charge in [0, 0.05) is 11.9 Å². The van der Waals surface area contributed by atoms with E-state index in [9.17, 15) is 0 Å². The van der Waals surface area contributed by atoms with Gasteiger partial charge in [-0.2, -0.15) is 0 Å². The van der Waals surface area contributed by atoms with Crippen molar-refractivity contribution >= 4 is 0 Å². The van der Waals surface area contributed by atoms with E-state index in [1.807, 2.05) is 43.3 Å². The molecule has 4 heteroatoms. The smallest absolute Gasteiger partial charge is 0.119 e. The Morgan fingerprint density at radius 1 is 1.22 bits per heavy atom. The summed E-state index contributed by atoms with van der Waals surface area (Å²) in [5, 5.41) is 0. The molecule has 2 aromatic rings. The van der Waals surface area contributed by atoms with Gasteiger partial charge in [-0.1, -0.05) is 12.1 Å². The highest BCUT2D eigenvalue weighted by atomic mass is 16.5. The second-order valence-electron chi connectivity index (χ2n) is 4.11. The lowest BCUT2D eigenvalue weighted by Crippen LogP contribution is -2.28. The number of methoxy groups -OCH3 is 1. The molecule has 0 fully saturated rings. The van der Waals surface area contributed by atoms with Crippen molar-refractivity contribution in [3.05, 3.63) is 59.4 Å². The zero-order valence-electron chi connectivity index (χ0n) is 10.6. The molecular formula is C14H17N3O. The molecule has 0 aliphatic rings. The third-order valence-corrected chi connectivity index (χ3v) is 2.85. The van der Waals surface area contributed by atoms with Crippen LogP contribution >= 0.6 is 0 Å². The molecule has 1 unspecified atom stereocenters. The monoisotopic (exact) mass is 243 g/mol. The molecule has 0 spiro atoms. The lowest BCUT2D eigenvalue weighted by molar-refractivity contribution is 0.413. The number of rotatable bonds is 4. The van der Waals surface area contributed by atoms with Crippen molar-refractivity contribution in [2.45, 2.75) is 13.0 Å². The first kappa shape index (κ1) is 12.5. The van der Waals surface area contributed by atoms with Gasteiger partial charge in [0.25, 0.3) is 0 Å². The summed E-state index contributed by atoms with van der Waals surface area (Å²) in [6.45, 7) is 1.96. The minimum Gasteiger partial charge on any atom is -0.497 e. The fourth-order valence-corrected chi connectivity index (χ4v) is 1.95. The summed E-state index contributed by atoms with van der Waals surface area (Å²) < 4.78 is 5.23. The van der Waals surface area contributed by atoms with Crippen molar-refractivity contribution in [1.82, 2.24) is 10.4 Å². The van der Waals surface area contributed by atoms with Crippen LogP contribution in [-0.2, 0) is 0 Å². The van der Waals surface area contributed by atoms with E-state index in [1.165, 1.54) is 0 Å². The molecule has 4 nitrogen and oxygen atoms in total. The molecule has 0 amide bonds. The van der Waals surface area contributed by atoms with Crippen LogP contribution in [0.25, 0.3) is 0 Å². The molecule has 1 atom stereocenters. The fraction of sp³-hybridized carbons (Fsp3) is 0.214. The Kier molecular flexibility index (Phi) is 3.92. The molecule has 1 heterocycles. The molecule has 1 aromatic heterocycles. The fourth-order valence-electron chi connectivity index (χ4n) is 1.95. The normalized spacial score (nSPS) is 12.2. The summed E-state index contributed by atoms with van der Waals surface area (Å²) in [6, 6.07) is 11.8. The van der Waals surface area contributed by atoms with E-state index in [2.05, 4.69) is 10.4 Å². The first-order valence-electron chi connectivity index (χ1n) is 5.77. The van der Waals surface area contributed by atoms with Crippen LogP contribution in [0.2, 0.25) is 0 Å². The first-order chi connectivity index (χ1) is 8.74. The molecule has 0 saturated heterocycles. The predicted molar refractivity (Wildman–Crippen MR) is 71.1 cm³/mol. The number of hydrogen-bond acceptors (Lipinski definition) is 4. The number of aromatic nitrogens is 1. The average molecular weight is 243 g/mol. The highest BCUT2D eigenvalue weighted by Gasteiger charge is 2.13. The van der Waals surface area contributed by atoms with Crippen molar-refractivity contribution in [3.63, 3.8) is 0 Å². The summed E-state index contributed by atoms with van der Waals surface area (Å²) >= 11 is 0. The summed E-state index contributed by atoms with van der Waals surface area (Å²) in [7, 11) is 1.65. The lowest BCUT2D eigenvalue weighted by Gasteiger charge is -2.17. The van der Waals surface area contributed by atoms with Crippen LogP contribution in [0.1, 0.15) is 22.9 Å². The van der Waals surface area contributed by atoms with Crippen molar-refractivity contribution in [2.24, 2.45) is 5.84 Å². The van der Waals surface area contributed by atoms with Gasteiger partial charge < -0.3 is 4.74 Å². The third kappa shape index (κ3) is 2.67. The highest BCUT2D eigenvalue weighted by molar-refractivity contribution is 5.36. The van der Waals surface area contributed by atoms with Crippen molar-refractivity contribution < 1.29 is 4.74 Å². The van der Waals surface area contributed by atoms with Gasteiger partial charge in [0.05, 0.1) is 13.2 Å². The molecule has 0 radical (unpaired) electrons. The van der Waals surface area contributed by atoms with Crippen LogP contribution in [-0.4, -0.2) is 12.1 Å². The van der Waals surface area contributed by atoms with Gasteiger partial charge in [-0.25, -0.2) is 5.43 Å². The number of nitrogens with one attached hydrogen (secondary N) is 1. The predicted octanol–water partition coefficient (Wildman–Crippen LogP) is 1.95. The SMILES string of the molecule is COc1cccc(C(NN)c2ccnc(C)c2)c1. The van der Waals surface area contributed by atoms with E-state index in [0.717, 1.165) is 22.6 Å². The van der Waals surface area contributed by atoms with Crippen molar-refractivity contribution in [3.8, 4) is 5.75 Å². The quantitative estimate of drug-likeness (QED) is 0.636. The Bertz CT molecular complexity index is 528. The maximum absolute atomic E-state index is 5.67. The largest absolute Gasteiger partial charge is 0.497 e. The number of nitrogens with two attached hydrogens (primary N) is 1. The average Bonchev–Trinajstić information content (AvgIpc) is 2.40. The standard InChI is InChI=1S/C14H17N3O/c1-10-8-12(6-7-16-10)14(17-15)11-4-3-5-13(9-11)18-2/h3-9,14,17H,15H2,1-2H3. The van der Waals surface area contributed by atoms with E-state index in [4.69, 9.17) is 10.6 Å². The van der Waals surface area contributed by atoms with Gasteiger partial charge in [-0.05, 0) is 42.3 Å². The number of aryl methyl sites for hydroxylation is 1. The molecule has 94 valence electrons. The molecule has 0 saturated carbocycles. The number of hydrazine groups is 1. The Balaban J connectivity index is 2.38. The molecule has 0 aliphatic heterocycles. The first-order valence-corrected chi connectivity index (χ1v) is 5.77. The second kappa shape index (κ2) is 5.62. The number of ether oxygens (including phenoxy) is 1. The molecule has 3 N–H and O–H groups in total. The molecule has 0 aliphatic carbocycles. The number of hydrogen-bond donors (Lipinski definition) is 2. The maximum Gasteiger partial charge on any atom is 0.119 e. The molecular weight excluding hydrogens is 226 g/mol. The highest BCUT2D eigenvalue weighted by Crippen LogP contribution is 2.24. The summed E-state index contributed by atoms with van der Waals surface area (Å²) in [4.78, 5) is 4.19. The van der Waals surface area contributed by atoms with Crippen LogP contribution in [0, 0.1) is 6.92 Å². The third-order valence-electron chi connectivity index (χ3n) is 2.85. The topological polar surface area (TPSA) is 60.2 Å². The second-order valence-corrected chi connectivity index (χ2v) is 4.11. The van der Waals surface area contributed by atoms with Gasteiger partial charge in [-0.3, -0.25) is 10.8 Å². The minimum atomic E-state index is -0.0678. The number of nitrogens with zero attached hydrogens (tertiary/aromatic N) is 1. The van der Waals surface area contributed by atoms with Gasteiger partial charge >= 0.3 is 0 Å². The molecule has 1 aromatic carbocycles. The van der Waals surface area contributed by atoms with E-state index in [0.29, 0.717) is 0 Å². The number of benzene rings is 1. The van der Waals surface area contributed by atoms with E-state index < -0.39 is 0 Å². The van der Waals surface area contributed by atoms with Gasteiger partial charge in [0.15, 0.2) is 0 Å². The Hall–Kier alpha value is -1.91. The molecule has 0 bridgehead atoms. The molecule has 18 heavy (non-hydrogen) atoms. The summed E-state index contributed by atoms with van der Waals surface area (Å²) in [5.74, 6) is 6.49. The van der Waals surface area contributed by atoms with Crippen LogP contribution in [0.4, 0.5) is 0 Å². The lowest BCUT2D eigenvalue weighted by atomic mass is 9.99. The number of pyridine rings is 1. The van der Waals surface area contributed by atoms with Gasteiger partial charge in [-0.15, -0.1) is 0 Å². The van der Waals surface area contributed by atoms with Crippen molar-refractivity contribution in [2.75, 3.05) is 7.11 Å². The van der Waals surface area contributed by atoms with Gasteiger partial charge in [0.1, 0.15) is 5.75 Å². The molecule has 2 rings (SSSR count). The maximum atomic E-state index is 5.67. The van der Waals surface area contributed by atoms with E-state index in [1.54, 1.807) is 13.3 Å². The van der Waals surface area contributed by atoms with Crippen molar-refractivity contribution in [1.29, 1.82) is 0 Å². The Morgan fingerprint density at radius 2 is 2.00 bits per heavy atom.